The summed E-state index contributed by atoms with van der Waals surface area (Å²) < 4.78 is 32.8. The van der Waals surface area contributed by atoms with E-state index in [-0.39, 0.29) is 30.1 Å². The van der Waals surface area contributed by atoms with Gasteiger partial charge in [-0.1, -0.05) is 0 Å². The van der Waals surface area contributed by atoms with Crippen LogP contribution < -0.4 is 14.8 Å². The minimum absolute atomic E-state index is 0.144. The van der Waals surface area contributed by atoms with Gasteiger partial charge in [0.25, 0.3) is 0 Å². The molecule has 2 heterocycles. The second-order valence-electron chi connectivity index (χ2n) is 8.12. The van der Waals surface area contributed by atoms with Gasteiger partial charge in [0.15, 0.2) is 0 Å². The molecule has 0 fully saturated rings. The highest BCUT2D eigenvalue weighted by atomic mass is 19.1. The maximum absolute atomic E-state index is 13.4. The zero-order valence-electron chi connectivity index (χ0n) is 19.9. The molecule has 0 spiro atoms. The molecule has 2 aromatic carbocycles. The van der Waals surface area contributed by atoms with E-state index in [1.165, 1.54) is 19.2 Å². The number of amides is 1. The highest BCUT2D eigenvalue weighted by molar-refractivity contribution is 5.98. The molecule has 4 aromatic rings. The van der Waals surface area contributed by atoms with Crippen molar-refractivity contribution in [3.05, 3.63) is 72.3 Å². The van der Waals surface area contributed by atoms with Gasteiger partial charge in [0.2, 0.25) is 5.91 Å². The van der Waals surface area contributed by atoms with Crippen molar-refractivity contribution < 1.29 is 28.2 Å². The first-order chi connectivity index (χ1) is 16.8. The first-order valence-corrected chi connectivity index (χ1v) is 11.0. The van der Waals surface area contributed by atoms with Crippen molar-refractivity contribution in [1.29, 1.82) is 0 Å². The van der Waals surface area contributed by atoms with Crippen molar-refractivity contribution in [2.24, 2.45) is 0 Å². The normalized spacial score (nSPS) is 11.0. The molecule has 0 atom stereocenters. The summed E-state index contributed by atoms with van der Waals surface area (Å²) in [6.07, 6.45) is 1.47. The average molecular weight is 480 g/mol. The number of carbonyl (C=O) groups is 2. The van der Waals surface area contributed by atoms with Gasteiger partial charge in [-0.25, -0.2) is 9.18 Å². The third-order valence-corrected chi connectivity index (χ3v) is 5.40. The standard InChI is InChI=1S/C26H26FN3O5/c1-16(2)35-26(32)23-14-22-21(11-12-29(22)18-7-5-17(27)6-8-18)30(23)15-25(31)28-20-10-9-19(33-3)13-24(20)34-4/h5-14,16H,15H2,1-4H3,(H,28,31). The van der Waals surface area contributed by atoms with E-state index in [2.05, 4.69) is 5.32 Å². The van der Waals surface area contributed by atoms with Gasteiger partial charge < -0.3 is 28.7 Å². The van der Waals surface area contributed by atoms with Crippen LogP contribution in [0.25, 0.3) is 16.7 Å². The van der Waals surface area contributed by atoms with Crippen LogP contribution in [0.15, 0.2) is 60.8 Å². The van der Waals surface area contributed by atoms with E-state index in [1.54, 1.807) is 74.2 Å². The Labute approximate surface area is 201 Å². The summed E-state index contributed by atoms with van der Waals surface area (Å²) >= 11 is 0. The van der Waals surface area contributed by atoms with E-state index in [4.69, 9.17) is 14.2 Å². The molecule has 35 heavy (non-hydrogen) atoms. The molecule has 0 aliphatic heterocycles. The Morgan fingerprint density at radius 2 is 1.71 bits per heavy atom. The van der Waals surface area contributed by atoms with E-state index in [0.29, 0.717) is 28.2 Å². The van der Waals surface area contributed by atoms with Gasteiger partial charge in [0.05, 0.1) is 37.0 Å². The molecule has 0 bridgehead atoms. The van der Waals surface area contributed by atoms with Crippen molar-refractivity contribution in [2.45, 2.75) is 26.5 Å². The number of methoxy groups -OCH3 is 2. The minimum Gasteiger partial charge on any atom is -0.497 e. The van der Waals surface area contributed by atoms with Crippen molar-refractivity contribution in [3.63, 3.8) is 0 Å². The molecule has 2 aromatic heterocycles. The number of ether oxygens (including phenoxy) is 3. The topological polar surface area (TPSA) is 83.7 Å². The summed E-state index contributed by atoms with van der Waals surface area (Å²) in [6.45, 7) is 3.37. The van der Waals surface area contributed by atoms with Crippen LogP contribution in [0.4, 0.5) is 10.1 Å². The molecule has 0 saturated heterocycles. The van der Waals surface area contributed by atoms with Crippen LogP contribution in [0.2, 0.25) is 0 Å². The molecule has 1 N–H and O–H groups in total. The SMILES string of the molecule is COc1ccc(NC(=O)Cn2c(C(=O)OC(C)C)cc3c2ccn3-c2ccc(F)cc2)c(OC)c1. The molecule has 8 nitrogen and oxygen atoms in total. The molecule has 0 unspecified atom stereocenters. The number of fused-ring (bicyclic) bond motifs is 1. The number of hydrogen-bond acceptors (Lipinski definition) is 5. The van der Waals surface area contributed by atoms with Gasteiger partial charge in [-0.3, -0.25) is 4.79 Å². The van der Waals surface area contributed by atoms with Gasteiger partial charge in [-0.2, -0.15) is 0 Å². The number of esters is 1. The van der Waals surface area contributed by atoms with E-state index in [9.17, 15) is 14.0 Å². The largest absolute Gasteiger partial charge is 0.497 e. The van der Waals surface area contributed by atoms with Crippen LogP contribution in [0.3, 0.4) is 0 Å². The quantitative estimate of drug-likeness (QED) is 0.367. The van der Waals surface area contributed by atoms with Crippen LogP contribution in [0.1, 0.15) is 24.3 Å². The van der Waals surface area contributed by atoms with Crippen LogP contribution in [0.5, 0.6) is 11.5 Å². The van der Waals surface area contributed by atoms with E-state index in [1.807, 2.05) is 4.57 Å². The van der Waals surface area contributed by atoms with Crippen LogP contribution in [-0.4, -0.2) is 41.3 Å². The summed E-state index contributed by atoms with van der Waals surface area (Å²) in [5.41, 5.74) is 2.76. The second-order valence-corrected chi connectivity index (χ2v) is 8.12. The molecule has 0 aliphatic rings. The predicted octanol–water partition coefficient (Wildman–Crippen LogP) is 4.79. The molecule has 0 saturated carbocycles. The Kier molecular flexibility index (Phi) is 6.77. The Morgan fingerprint density at radius 1 is 0.971 bits per heavy atom. The first kappa shape index (κ1) is 23.9. The summed E-state index contributed by atoms with van der Waals surface area (Å²) in [6, 6.07) is 14.5. The lowest BCUT2D eigenvalue weighted by Crippen LogP contribution is -2.23. The van der Waals surface area contributed by atoms with Crippen LogP contribution in [-0.2, 0) is 16.1 Å². The van der Waals surface area contributed by atoms with Crippen molar-refractivity contribution in [1.82, 2.24) is 9.13 Å². The molecular formula is C26H26FN3O5. The second kappa shape index (κ2) is 9.92. The van der Waals surface area contributed by atoms with Crippen LogP contribution in [0, 0.1) is 5.82 Å². The van der Waals surface area contributed by atoms with Crippen LogP contribution >= 0.6 is 0 Å². The predicted molar refractivity (Wildman–Crippen MR) is 130 cm³/mol. The first-order valence-electron chi connectivity index (χ1n) is 11.0. The Hall–Kier alpha value is -4.27. The summed E-state index contributed by atoms with van der Waals surface area (Å²) in [5.74, 6) is -0.220. The highest BCUT2D eigenvalue weighted by Crippen LogP contribution is 2.30. The van der Waals surface area contributed by atoms with Gasteiger partial charge in [0.1, 0.15) is 29.6 Å². The molecule has 4 rings (SSSR count). The van der Waals surface area contributed by atoms with E-state index in [0.717, 1.165) is 5.69 Å². The number of hydrogen-bond donors (Lipinski definition) is 1. The molecular weight excluding hydrogens is 453 g/mol. The van der Waals surface area contributed by atoms with E-state index >= 15 is 0 Å². The number of benzene rings is 2. The summed E-state index contributed by atoms with van der Waals surface area (Å²) in [5, 5.41) is 2.83. The van der Waals surface area contributed by atoms with Crippen molar-refractivity contribution in [3.8, 4) is 17.2 Å². The third kappa shape index (κ3) is 4.98. The van der Waals surface area contributed by atoms with E-state index < -0.39 is 5.97 Å². The van der Waals surface area contributed by atoms with Gasteiger partial charge in [0, 0.05) is 18.0 Å². The maximum atomic E-state index is 13.4. The Bertz CT molecular complexity index is 1370. The molecule has 9 heteroatoms. The molecule has 0 radical (unpaired) electrons. The third-order valence-electron chi connectivity index (χ3n) is 5.40. The molecule has 182 valence electrons. The van der Waals surface area contributed by atoms with Crippen molar-refractivity contribution >= 4 is 28.6 Å². The lowest BCUT2D eigenvalue weighted by molar-refractivity contribution is -0.116. The highest BCUT2D eigenvalue weighted by Gasteiger charge is 2.22. The summed E-state index contributed by atoms with van der Waals surface area (Å²) in [7, 11) is 3.04. The lowest BCUT2D eigenvalue weighted by Gasteiger charge is -2.14. The Morgan fingerprint density at radius 3 is 2.37 bits per heavy atom. The number of halogens is 1. The Balaban J connectivity index is 1.70. The minimum atomic E-state index is -0.545. The fourth-order valence-corrected chi connectivity index (χ4v) is 3.82. The number of anilines is 1. The number of aromatic nitrogens is 2. The average Bonchev–Trinajstić information content (AvgIpc) is 3.39. The monoisotopic (exact) mass is 479 g/mol. The number of nitrogens with one attached hydrogen (secondary N) is 1. The summed E-state index contributed by atoms with van der Waals surface area (Å²) in [4.78, 5) is 25.9. The van der Waals surface area contributed by atoms with Crippen molar-refractivity contribution in [2.75, 3.05) is 19.5 Å². The van der Waals surface area contributed by atoms with Gasteiger partial charge >= 0.3 is 5.97 Å². The van der Waals surface area contributed by atoms with Gasteiger partial charge in [-0.05, 0) is 62.4 Å². The molecule has 0 aliphatic carbocycles. The maximum Gasteiger partial charge on any atom is 0.355 e. The fraction of sp³-hybridized carbons (Fsp3) is 0.231. The smallest absolute Gasteiger partial charge is 0.355 e. The number of rotatable bonds is 8. The zero-order chi connectivity index (χ0) is 25.1. The fourth-order valence-electron chi connectivity index (χ4n) is 3.82. The number of carbonyl (C=O) groups excluding carboxylic acids is 2. The zero-order valence-corrected chi connectivity index (χ0v) is 19.9. The van der Waals surface area contributed by atoms with Gasteiger partial charge in [-0.15, -0.1) is 0 Å². The molecule has 1 amide bonds. The lowest BCUT2D eigenvalue weighted by atomic mass is 10.2. The number of nitrogens with zero attached hydrogens (tertiary/aromatic N) is 2.